The lowest BCUT2D eigenvalue weighted by Crippen LogP contribution is -2.51. The molecule has 1 aliphatic carbocycles. The Balaban J connectivity index is 1.54. The average Bonchev–Trinajstić information content (AvgIpc) is 2.98. The highest BCUT2D eigenvalue weighted by molar-refractivity contribution is 6.08. The monoisotopic (exact) mass is 449 g/mol. The van der Waals surface area contributed by atoms with Gasteiger partial charge in [0.1, 0.15) is 12.1 Å². The van der Waals surface area contributed by atoms with Gasteiger partial charge in [-0.15, -0.1) is 0 Å². The summed E-state index contributed by atoms with van der Waals surface area (Å²) < 4.78 is 5.30. The molecule has 2 saturated heterocycles. The number of nitrogens with one attached hydrogen (secondary N) is 1. The first-order valence-electron chi connectivity index (χ1n) is 12.1. The second-order valence-electron chi connectivity index (χ2n) is 10.7. The Hall–Kier alpha value is -2.12. The molecule has 3 rings (SSSR count). The maximum absolute atomic E-state index is 13.1. The van der Waals surface area contributed by atoms with Crippen LogP contribution in [-0.2, 0) is 19.1 Å². The van der Waals surface area contributed by atoms with Crippen molar-refractivity contribution in [2.75, 3.05) is 19.6 Å². The van der Waals surface area contributed by atoms with E-state index in [1.165, 1.54) is 0 Å². The maximum Gasteiger partial charge on any atom is 0.327 e. The largest absolute Gasteiger partial charge is 0.451 e. The minimum absolute atomic E-state index is 0.200. The number of piperidine rings is 1. The van der Waals surface area contributed by atoms with E-state index in [2.05, 4.69) is 33.0 Å². The maximum atomic E-state index is 13.1. The topological polar surface area (TPSA) is 96.0 Å². The molecule has 0 bridgehead atoms. The molecule has 1 spiro atoms. The van der Waals surface area contributed by atoms with Crippen molar-refractivity contribution in [2.45, 2.75) is 91.2 Å². The molecule has 0 aromatic rings. The van der Waals surface area contributed by atoms with E-state index in [0.29, 0.717) is 37.8 Å². The molecule has 2 aliphatic heterocycles. The normalized spacial score (nSPS) is 28.1. The van der Waals surface area contributed by atoms with E-state index in [9.17, 15) is 19.2 Å². The molecule has 8 nitrogen and oxygen atoms in total. The number of hydrogen-bond acceptors (Lipinski definition) is 5. The Bertz CT molecular complexity index is 749. The van der Waals surface area contributed by atoms with E-state index in [1.54, 1.807) is 11.8 Å². The molecule has 1 atom stereocenters. The molecule has 0 aromatic heterocycles. The molecule has 4 amide bonds. The summed E-state index contributed by atoms with van der Waals surface area (Å²) in [5.74, 6) is -0.219. The fourth-order valence-electron chi connectivity index (χ4n) is 5.24. The van der Waals surface area contributed by atoms with Gasteiger partial charge in [0, 0.05) is 13.1 Å². The van der Waals surface area contributed by atoms with Crippen molar-refractivity contribution < 1.29 is 23.9 Å². The summed E-state index contributed by atoms with van der Waals surface area (Å²) in [4.78, 5) is 53.4. The number of esters is 1. The van der Waals surface area contributed by atoms with Crippen LogP contribution in [0, 0.1) is 17.3 Å². The molecule has 1 saturated carbocycles. The average molecular weight is 450 g/mol. The third kappa shape index (κ3) is 4.94. The van der Waals surface area contributed by atoms with E-state index in [0.717, 1.165) is 37.0 Å². The molecule has 32 heavy (non-hydrogen) atoms. The van der Waals surface area contributed by atoms with Crippen LogP contribution in [0.2, 0.25) is 0 Å². The van der Waals surface area contributed by atoms with E-state index in [4.69, 9.17) is 4.74 Å². The smallest absolute Gasteiger partial charge is 0.327 e. The predicted octanol–water partition coefficient (Wildman–Crippen LogP) is 3.09. The quantitative estimate of drug-likeness (QED) is 0.497. The highest BCUT2D eigenvalue weighted by atomic mass is 16.5. The first-order chi connectivity index (χ1) is 15.0. The summed E-state index contributed by atoms with van der Waals surface area (Å²) in [6, 6.07) is -0.552. The minimum atomic E-state index is -0.933. The molecule has 8 heteroatoms. The van der Waals surface area contributed by atoms with Crippen molar-refractivity contribution in [1.82, 2.24) is 15.1 Å². The summed E-state index contributed by atoms with van der Waals surface area (Å²) in [5, 5.41) is 2.85. The number of carbonyl (C=O) groups excluding carboxylic acids is 4. The van der Waals surface area contributed by atoms with Gasteiger partial charge in [-0.2, -0.15) is 0 Å². The lowest BCUT2D eigenvalue weighted by atomic mass is 9.65. The number of hydrogen-bond donors (Lipinski definition) is 1. The molecule has 0 radical (unpaired) electrons. The van der Waals surface area contributed by atoms with Crippen LogP contribution in [-0.4, -0.2) is 64.9 Å². The molecule has 180 valence electrons. The Morgan fingerprint density at radius 1 is 1.16 bits per heavy atom. The number of nitrogens with zero attached hydrogens (tertiary/aromatic N) is 2. The van der Waals surface area contributed by atoms with Gasteiger partial charge in [-0.3, -0.25) is 19.3 Å². The second kappa shape index (κ2) is 9.40. The molecule has 0 aromatic carbocycles. The van der Waals surface area contributed by atoms with Crippen LogP contribution in [0.15, 0.2) is 0 Å². The van der Waals surface area contributed by atoms with Crippen molar-refractivity contribution in [2.24, 2.45) is 17.3 Å². The zero-order valence-corrected chi connectivity index (χ0v) is 20.2. The van der Waals surface area contributed by atoms with Gasteiger partial charge >= 0.3 is 12.0 Å². The Morgan fingerprint density at radius 2 is 1.75 bits per heavy atom. The van der Waals surface area contributed by atoms with Crippen LogP contribution in [0.4, 0.5) is 4.79 Å². The zero-order valence-electron chi connectivity index (χ0n) is 20.2. The first-order valence-corrected chi connectivity index (χ1v) is 12.1. The number of carbonyl (C=O) groups is 4. The van der Waals surface area contributed by atoms with Crippen molar-refractivity contribution in [3.63, 3.8) is 0 Å². The van der Waals surface area contributed by atoms with Gasteiger partial charge < -0.3 is 15.0 Å². The number of ether oxygens (including phenoxy) is 1. The molecule has 1 N–H and O–H groups in total. The highest BCUT2D eigenvalue weighted by Gasteiger charge is 2.54. The summed E-state index contributed by atoms with van der Waals surface area (Å²) in [6.07, 6.45) is 4.91. The van der Waals surface area contributed by atoms with Crippen LogP contribution in [0.5, 0.6) is 0 Å². The lowest BCUT2D eigenvalue weighted by Gasteiger charge is -2.42. The summed E-state index contributed by atoms with van der Waals surface area (Å²) in [5.41, 5.74) is -0.713. The van der Waals surface area contributed by atoms with Gasteiger partial charge in [0.25, 0.3) is 11.8 Å². The van der Waals surface area contributed by atoms with Crippen LogP contribution in [0.1, 0.15) is 79.6 Å². The number of imide groups is 1. The molecule has 2 heterocycles. The fraction of sp³-hybridized carbons (Fsp3) is 0.833. The number of urea groups is 1. The van der Waals surface area contributed by atoms with Gasteiger partial charge in [-0.1, -0.05) is 34.1 Å². The molecule has 3 aliphatic rings. The minimum Gasteiger partial charge on any atom is -0.451 e. The van der Waals surface area contributed by atoms with Crippen molar-refractivity contribution in [3.8, 4) is 0 Å². The molecule has 3 fully saturated rings. The van der Waals surface area contributed by atoms with Gasteiger partial charge in [0.2, 0.25) is 0 Å². The summed E-state index contributed by atoms with van der Waals surface area (Å²) >= 11 is 0. The Kier molecular flexibility index (Phi) is 7.20. The Labute approximate surface area is 191 Å². The standard InChI is InChI=1S/C24H39N3O5/c1-6-23(4,5)18-7-11-24(12-8-18)21(30)27(22(31)25-24)15-19(28)32-17(3)20(29)26-13-9-16(2)10-14-26/h16-18H,6-15H2,1-5H3,(H,25,31). The van der Waals surface area contributed by atoms with Crippen LogP contribution in [0.25, 0.3) is 0 Å². The SMILES string of the molecule is CCC(C)(C)C1CCC2(CC1)NC(=O)N(CC(=O)OC(C)C(=O)N1CCC(C)CC1)C2=O. The van der Waals surface area contributed by atoms with Crippen LogP contribution >= 0.6 is 0 Å². The third-order valence-corrected chi connectivity index (χ3v) is 8.14. The zero-order chi connectivity index (χ0) is 23.7. The van der Waals surface area contributed by atoms with Gasteiger partial charge in [-0.25, -0.2) is 4.79 Å². The van der Waals surface area contributed by atoms with E-state index in [-0.39, 0.29) is 17.2 Å². The van der Waals surface area contributed by atoms with Crippen molar-refractivity contribution >= 4 is 23.8 Å². The number of likely N-dealkylation sites (tertiary alicyclic amines) is 1. The van der Waals surface area contributed by atoms with E-state index >= 15 is 0 Å². The molecule has 1 unspecified atom stereocenters. The van der Waals surface area contributed by atoms with Gasteiger partial charge in [0.15, 0.2) is 6.10 Å². The van der Waals surface area contributed by atoms with Crippen molar-refractivity contribution in [3.05, 3.63) is 0 Å². The predicted molar refractivity (Wildman–Crippen MR) is 120 cm³/mol. The van der Waals surface area contributed by atoms with Crippen LogP contribution in [0.3, 0.4) is 0 Å². The summed E-state index contributed by atoms with van der Waals surface area (Å²) in [6.45, 7) is 11.2. The molecular formula is C24H39N3O5. The van der Waals surface area contributed by atoms with Crippen LogP contribution < -0.4 is 5.32 Å². The Morgan fingerprint density at radius 3 is 2.31 bits per heavy atom. The third-order valence-electron chi connectivity index (χ3n) is 8.14. The highest BCUT2D eigenvalue weighted by Crippen LogP contribution is 2.45. The van der Waals surface area contributed by atoms with E-state index in [1.807, 2.05) is 0 Å². The van der Waals surface area contributed by atoms with Gasteiger partial charge in [0.05, 0.1) is 0 Å². The fourth-order valence-corrected chi connectivity index (χ4v) is 5.24. The number of amides is 4. The molecular weight excluding hydrogens is 410 g/mol. The number of rotatable bonds is 6. The van der Waals surface area contributed by atoms with Crippen molar-refractivity contribution in [1.29, 1.82) is 0 Å². The van der Waals surface area contributed by atoms with Gasteiger partial charge in [-0.05, 0) is 62.7 Å². The second-order valence-corrected chi connectivity index (χ2v) is 10.7. The lowest BCUT2D eigenvalue weighted by molar-refractivity contribution is -0.161. The summed E-state index contributed by atoms with van der Waals surface area (Å²) in [7, 11) is 0. The van der Waals surface area contributed by atoms with E-state index < -0.39 is 30.2 Å². The first kappa shape index (κ1) is 24.5.